The molecule has 0 heterocycles. The first-order chi connectivity index (χ1) is 5.79. The lowest BCUT2D eigenvalue weighted by atomic mass is 9.97. The van der Waals surface area contributed by atoms with Crippen molar-refractivity contribution in [3.05, 3.63) is 36.5 Å². The topological polar surface area (TPSA) is 23.8 Å². The molecule has 1 saturated carbocycles. The minimum absolute atomic E-state index is 0.158. The van der Waals surface area contributed by atoms with E-state index in [1.54, 1.807) is 6.08 Å². The molecule has 1 aliphatic carbocycles. The average molecular weight is 159 g/mol. The van der Waals surface area contributed by atoms with Crippen molar-refractivity contribution in [2.45, 2.75) is 19.8 Å². The van der Waals surface area contributed by atoms with Crippen molar-refractivity contribution in [2.24, 2.45) is 5.41 Å². The maximum absolute atomic E-state index is 8.91. The fraction of sp³-hybridized carbons (Fsp3) is 0.364. The number of nitriles is 1. The van der Waals surface area contributed by atoms with Crippen LogP contribution in [0.3, 0.4) is 0 Å². The lowest BCUT2D eigenvalue weighted by Crippen LogP contribution is -1.97. The van der Waals surface area contributed by atoms with Gasteiger partial charge in [0.05, 0.1) is 11.5 Å². The standard InChI is InChI=1S/C11H13N/c1-3-5-6-10(4-2)11(9-12)7-8-11/h3-6H,1,7-8H2,2H3/b6-5-,10-4+. The van der Waals surface area contributed by atoms with Crippen molar-refractivity contribution >= 4 is 0 Å². The molecule has 12 heavy (non-hydrogen) atoms. The number of nitrogens with zero attached hydrogens (tertiary/aromatic N) is 1. The van der Waals surface area contributed by atoms with Gasteiger partial charge in [-0.2, -0.15) is 5.26 Å². The van der Waals surface area contributed by atoms with Gasteiger partial charge in [0.2, 0.25) is 0 Å². The molecule has 0 atom stereocenters. The first-order valence-corrected chi connectivity index (χ1v) is 4.16. The third-order valence-electron chi connectivity index (χ3n) is 2.24. The Morgan fingerprint density at radius 2 is 2.25 bits per heavy atom. The number of hydrogen-bond donors (Lipinski definition) is 0. The SMILES string of the molecule is C=C/C=C\C(=C/C)C1(C#N)CC1. The van der Waals surface area contributed by atoms with Crippen LogP contribution in [0.5, 0.6) is 0 Å². The van der Waals surface area contributed by atoms with Gasteiger partial charge in [-0.15, -0.1) is 0 Å². The van der Waals surface area contributed by atoms with Gasteiger partial charge in [0.1, 0.15) is 0 Å². The van der Waals surface area contributed by atoms with Crippen LogP contribution >= 0.6 is 0 Å². The molecule has 0 aromatic rings. The molecular formula is C11H13N. The second-order valence-electron chi connectivity index (χ2n) is 3.03. The fourth-order valence-electron chi connectivity index (χ4n) is 1.29. The molecule has 1 heteroatoms. The van der Waals surface area contributed by atoms with Gasteiger partial charge in [-0.3, -0.25) is 0 Å². The van der Waals surface area contributed by atoms with Crippen LogP contribution in [-0.4, -0.2) is 0 Å². The Bertz CT molecular complexity index is 272. The van der Waals surface area contributed by atoms with Gasteiger partial charge >= 0.3 is 0 Å². The molecule has 0 bridgehead atoms. The lowest BCUT2D eigenvalue weighted by molar-refractivity contribution is 0.826. The Morgan fingerprint density at radius 1 is 1.58 bits per heavy atom. The molecule has 0 N–H and O–H groups in total. The van der Waals surface area contributed by atoms with Crippen molar-refractivity contribution in [1.29, 1.82) is 5.26 Å². The van der Waals surface area contributed by atoms with Crippen molar-refractivity contribution in [1.82, 2.24) is 0 Å². The molecule has 1 nitrogen and oxygen atoms in total. The normalized spacial score (nSPS) is 20.5. The summed E-state index contributed by atoms with van der Waals surface area (Å²) in [6.45, 7) is 5.57. The maximum atomic E-state index is 8.91. The zero-order chi connectivity index (χ0) is 9.03. The zero-order valence-electron chi connectivity index (χ0n) is 7.38. The molecule has 0 radical (unpaired) electrons. The first-order valence-electron chi connectivity index (χ1n) is 4.16. The molecule has 0 unspecified atom stereocenters. The fourth-order valence-corrected chi connectivity index (χ4v) is 1.29. The number of allylic oxidation sites excluding steroid dienone is 5. The summed E-state index contributed by atoms with van der Waals surface area (Å²) in [4.78, 5) is 0. The third kappa shape index (κ3) is 1.48. The summed E-state index contributed by atoms with van der Waals surface area (Å²) >= 11 is 0. The van der Waals surface area contributed by atoms with E-state index in [0.717, 1.165) is 18.4 Å². The zero-order valence-corrected chi connectivity index (χ0v) is 7.38. The molecule has 1 fully saturated rings. The van der Waals surface area contributed by atoms with E-state index in [1.165, 1.54) is 0 Å². The summed E-state index contributed by atoms with van der Waals surface area (Å²) < 4.78 is 0. The molecule has 0 aromatic carbocycles. The molecule has 0 aliphatic heterocycles. The van der Waals surface area contributed by atoms with E-state index in [1.807, 2.05) is 25.2 Å². The molecular weight excluding hydrogens is 146 g/mol. The van der Waals surface area contributed by atoms with Crippen molar-refractivity contribution in [2.75, 3.05) is 0 Å². The smallest absolute Gasteiger partial charge is 0.0820 e. The van der Waals surface area contributed by atoms with Crippen LogP contribution in [0.2, 0.25) is 0 Å². The van der Waals surface area contributed by atoms with E-state index in [2.05, 4.69) is 12.6 Å². The molecule has 1 aliphatic rings. The quantitative estimate of drug-likeness (QED) is 0.581. The van der Waals surface area contributed by atoms with Gasteiger partial charge in [-0.05, 0) is 25.3 Å². The highest BCUT2D eigenvalue weighted by molar-refractivity contribution is 5.39. The summed E-state index contributed by atoms with van der Waals surface area (Å²) in [5.74, 6) is 0. The largest absolute Gasteiger partial charge is 0.197 e. The highest BCUT2D eigenvalue weighted by Gasteiger charge is 2.45. The highest BCUT2D eigenvalue weighted by atomic mass is 14.5. The van der Waals surface area contributed by atoms with Crippen molar-refractivity contribution in [3.8, 4) is 6.07 Å². The number of hydrogen-bond acceptors (Lipinski definition) is 1. The summed E-state index contributed by atoms with van der Waals surface area (Å²) in [7, 11) is 0. The van der Waals surface area contributed by atoms with E-state index in [0.29, 0.717) is 0 Å². The summed E-state index contributed by atoms with van der Waals surface area (Å²) in [5.41, 5.74) is 0.971. The number of rotatable bonds is 3. The van der Waals surface area contributed by atoms with Crippen LogP contribution in [-0.2, 0) is 0 Å². The van der Waals surface area contributed by atoms with Crippen LogP contribution in [0.15, 0.2) is 36.5 Å². The second kappa shape index (κ2) is 3.40. The lowest BCUT2D eigenvalue weighted by Gasteiger charge is -2.04. The predicted molar refractivity (Wildman–Crippen MR) is 50.4 cm³/mol. The minimum atomic E-state index is -0.158. The molecule has 62 valence electrons. The van der Waals surface area contributed by atoms with Crippen LogP contribution in [0.25, 0.3) is 0 Å². The summed E-state index contributed by atoms with van der Waals surface area (Å²) in [6, 6.07) is 2.36. The van der Waals surface area contributed by atoms with Crippen LogP contribution in [0, 0.1) is 16.7 Å². The van der Waals surface area contributed by atoms with Crippen molar-refractivity contribution in [3.63, 3.8) is 0 Å². The average Bonchev–Trinajstić information content (AvgIpc) is 2.87. The monoisotopic (exact) mass is 159 g/mol. The first kappa shape index (κ1) is 8.80. The third-order valence-corrected chi connectivity index (χ3v) is 2.24. The Kier molecular flexibility index (Phi) is 2.50. The summed E-state index contributed by atoms with van der Waals surface area (Å²) in [6.07, 6.45) is 9.61. The minimum Gasteiger partial charge on any atom is -0.197 e. The highest BCUT2D eigenvalue weighted by Crippen LogP contribution is 2.51. The predicted octanol–water partition coefficient (Wildman–Crippen LogP) is 2.98. The molecule has 0 aromatic heterocycles. The van der Waals surface area contributed by atoms with Crippen LogP contribution in [0.4, 0.5) is 0 Å². The Balaban J connectivity index is 2.78. The van der Waals surface area contributed by atoms with E-state index in [4.69, 9.17) is 5.26 Å². The molecule has 1 rings (SSSR count). The molecule has 0 spiro atoms. The van der Waals surface area contributed by atoms with Gasteiger partial charge in [0.25, 0.3) is 0 Å². The second-order valence-corrected chi connectivity index (χ2v) is 3.03. The van der Waals surface area contributed by atoms with E-state index in [9.17, 15) is 0 Å². The van der Waals surface area contributed by atoms with E-state index >= 15 is 0 Å². The van der Waals surface area contributed by atoms with E-state index in [-0.39, 0.29) is 5.41 Å². The van der Waals surface area contributed by atoms with Crippen molar-refractivity contribution < 1.29 is 0 Å². The van der Waals surface area contributed by atoms with Gasteiger partial charge in [-0.1, -0.05) is 30.9 Å². The van der Waals surface area contributed by atoms with Crippen LogP contribution < -0.4 is 0 Å². The van der Waals surface area contributed by atoms with Crippen LogP contribution in [0.1, 0.15) is 19.8 Å². The van der Waals surface area contributed by atoms with Gasteiger partial charge in [-0.25, -0.2) is 0 Å². The van der Waals surface area contributed by atoms with E-state index < -0.39 is 0 Å². The van der Waals surface area contributed by atoms with Gasteiger partial charge in [0.15, 0.2) is 0 Å². The Hall–Kier alpha value is -1.29. The Morgan fingerprint density at radius 3 is 2.58 bits per heavy atom. The Labute approximate surface area is 73.7 Å². The molecule has 0 saturated heterocycles. The van der Waals surface area contributed by atoms with Gasteiger partial charge < -0.3 is 0 Å². The maximum Gasteiger partial charge on any atom is 0.0820 e. The van der Waals surface area contributed by atoms with Gasteiger partial charge in [0, 0.05) is 0 Å². The summed E-state index contributed by atoms with van der Waals surface area (Å²) in [5, 5.41) is 8.91. The molecule has 0 amide bonds.